The monoisotopic (exact) mass is 328 g/mol. The molecule has 0 aliphatic carbocycles. The Balaban J connectivity index is 1.99. The lowest BCUT2D eigenvalue weighted by atomic mass is 9.90. The molecule has 0 unspecified atom stereocenters. The van der Waals surface area contributed by atoms with Gasteiger partial charge in [-0.25, -0.2) is 4.39 Å². The second-order valence-corrected chi connectivity index (χ2v) is 6.23. The van der Waals surface area contributed by atoms with Gasteiger partial charge < -0.3 is 10.6 Å². The van der Waals surface area contributed by atoms with Crippen LogP contribution in [-0.2, 0) is 16.1 Å². The second-order valence-electron chi connectivity index (χ2n) is 6.23. The molecule has 5 heteroatoms. The lowest BCUT2D eigenvalue weighted by Gasteiger charge is -2.23. The molecule has 0 aliphatic heterocycles. The first-order valence-corrected chi connectivity index (χ1v) is 7.70. The molecule has 2 aromatic rings. The zero-order chi connectivity index (χ0) is 17.7. The minimum Gasteiger partial charge on any atom is -0.351 e. The van der Waals surface area contributed by atoms with Crippen molar-refractivity contribution in [1.82, 2.24) is 5.32 Å². The molecule has 0 aliphatic rings. The fourth-order valence-electron chi connectivity index (χ4n) is 2.05. The highest BCUT2D eigenvalue weighted by Crippen LogP contribution is 2.21. The van der Waals surface area contributed by atoms with E-state index in [1.165, 1.54) is 32.0 Å². The second kappa shape index (κ2) is 7.25. The van der Waals surface area contributed by atoms with E-state index in [4.69, 9.17) is 0 Å². The summed E-state index contributed by atoms with van der Waals surface area (Å²) in [6.07, 6.45) is 0. The Labute approximate surface area is 141 Å². The maximum atomic E-state index is 13.6. The summed E-state index contributed by atoms with van der Waals surface area (Å²) in [5.41, 5.74) is 0.809. The summed E-state index contributed by atoms with van der Waals surface area (Å²) >= 11 is 0. The van der Waals surface area contributed by atoms with Gasteiger partial charge in [0.05, 0.1) is 5.69 Å². The summed E-state index contributed by atoms with van der Waals surface area (Å²) in [6.45, 7) is 5.33. The third kappa shape index (κ3) is 4.19. The number of para-hydroxylation sites is 1. The van der Waals surface area contributed by atoms with Gasteiger partial charge in [0.15, 0.2) is 0 Å². The standard InChI is InChI=1S/C19H21FN2O2/c1-13-8-10-14(11-9-13)12-21-17(23)19(2,3)18(24)22-16-7-5-4-6-15(16)20/h4-11H,12H2,1-3H3,(H,21,23)(H,22,24). The molecule has 0 aromatic heterocycles. The summed E-state index contributed by atoms with van der Waals surface area (Å²) in [4.78, 5) is 24.7. The van der Waals surface area contributed by atoms with Crippen LogP contribution in [0.5, 0.6) is 0 Å². The number of carbonyl (C=O) groups excluding carboxylic acids is 2. The molecule has 2 N–H and O–H groups in total. The lowest BCUT2D eigenvalue weighted by molar-refractivity contribution is -0.138. The molecule has 0 saturated heterocycles. The number of benzene rings is 2. The summed E-state index contributed by atoms with van der Waals surface area (Å²) in [6, 6.07) is 13.6. The van der Waals surface area contributed by atoms with E-state index in [9.17, 15) is 14.0 Å². The summed E-state index contributed by atoms with van der Waals surface area (Å²) in [7, 11) is 0. The Morgan fingerprint density at radius 1 is 1.00 bits per heavy atom. The number of nitrogens with one attached hydrogen (secondary N) is 2. The van der Waals surface area contributed by atoms with Crippen LogP contribution in [0.3, 0.4) is 0 Å². The Bertz CT molecular complexity index is 739. The van der Waals surface area contributed by atoms with Crippen LogP contribution >= 0.6 is 0 Å². The molecule has 0 spiro atoms. The maximum Gasteiger partial charge on any atom is 0.239 e. The van der Waals surface area contributed by atoms with Crippen molar-refractivity contribution in [1.29, 1.82) is 0 Å². The van der Waals surface area contributed by atoms with E-state index >= 15 is 0 Å². The number of halogens is 1. The molecular weight excluding hydrogens is 307 g/mol. The van der Waals surface area contributed by atoms with E-state index < -0.39 is 23.0 Å². The van der Waals surface area contributed by atoms with Gasteiger partial charge in [-0.1, -0.05) is 42.0 Å². The van der Waals surface area contributed by atoms with Crippen LogP contribution in [0.4, 0.5) is 10.1 Å². The van der Waals surface area contributed by atoms with Crippen molar-refractivity contribution in [2.45, 2.75) is 27.3 Å². The van der Waals surface area contributed by atoms with E-state index in [2.05, 4.69) is 10.6 Å². The Kier molecular flexibility index (Phi) is 5.34. The first kappa shape index (κ1) is 17.7. The quantitative estimate of drug-likeness (QED) is 0.826. The van der Waals surface area contributed by atoms with Crippen molar-refractivity contribution < 1.29 is 14.0 Å². The largest absolute Gasteiger partial charge is 0.351 e. The third-order valence-corrected chi connectivity index (χ3v) is 3.83. The fraction of sp³-hybridized carbons (Fsp3) is 0.263. The predicted octanol–water partition coefficient (Wildman–Crippen LogP) is 3.42. The minimum atomic E-state index is -1.33. The van der Waals surface area contributed by atoms with Gasteiger partial charge >= 0.3 is 0 Å². The van der Waals surface area contributed by atoms with Gasteiger partial charge in [-0.3, -0.25) is 9.59 Å². The van der Waals surface area contributed by atoms with Crippen LogP contribution in [0.1, 0.15) is 25.0 Å². The molecule has 4 nitrogen and oxygen atoms in total. The van der Waals surface area contributed by atoms with Gasteiger partial charge in [-0.05, 0) is 38.5 Å². The number of anilines is 1. The number of carbonyl (C=O) groups is 2. The number of hydrogen-bond acceptors (Lipinski definition) is 2. The van der Waals surface area contributed by atoms with Gasteiger partial charge in [0.1, 0.15) is 11.2 Å². The van der Waals surface area contributed by atoms with Crippen molar-refractivity contribution in [2.24, 2.45) is 5.41 Å². The molecule has 2 amide bonds. The van der Waals surface area contributed by atoms with Crippen LogP contribution in [-0.4, -0.2) is 11.8 Å². The van der Waals surface area contributed by atoms with E-state index in [0.717, 1.165) is 11.1 Å². The lowest BCUT2D eigenvalue weighted by Crippen LogP contribution is -2.45. The summed E-state index contributed by atoms with van der Waals surface area (Å²) in [5.74, 6) is -1.52. The Morgan fingerprint density at radius 3 is 2.25 bits per heavy atom. The molecule has 2 aromatic carbocycles. The van der Waals surface area contributed by atoms with Crippen molar-refractivity contribution in [3.8, 4) is 0 Å². The SMILES string of the molecule is Cc1ccc(CNC(=O)C(C)(C)C(=O)Nc2ccccc2F)cc1. The number of aryl methyl sites for hydroxylation is 1. The molecule has 2 rings (SSSR count). The summed E-state index contributed by atoms with van der Waals surface area (Å²) < 4.78 is 13.6. The number of rotatable bonds is 5. The number of amides is 2. The van der Waals surface area contributed by atoms with Gasteiger partial charge in [0.25, 0.3) is 0 Å². The normalized spacial score (nSPS) is 11.0. The topological polar surface area (TPSA) is 58.2 Å². The highest BCUT2D eigenvalue weighted by molar-refractivity contribution is 6.09. The van der Waals surface area contributed by atoms with Crippen LogP contribution in [0.15, 0.2) is 48.5 Å². The van der Waals surface area contributed by atoms with Gasteiger partial charge in [0.2, 0.25) is 11.8 Å². The Hall–Kier alpha value is -2.69. The molecule has 0 fully saturated rings. The maximum absolute atomic E-state index is 13.6. The minimum absolute atomic E-state index is 0.0573. The van der Waals surface area contributed by atoms with Gasteiger partial charge in [-0.2, -0.15) is 0 Å². The molecule has 0 saturated carbocycles. The fourth-order valence-corrected chi connectivity index (χ4v) is 2.05. The van der Waals surface area contributed by atoms with E-state index in [1.807, 2.05) is 31.2 Å². The third-order valence-electron chi connectivity index (χ3n) is 3.83. The Morgan fingerprint density at radius 2 is 1.62 bits per heavy atom. The van der Waals surface area contributed by atoms with E-state index in [1.54, 1.807) is 6.07 Å². The average Bonchev–Trinajstić information content (AvgIpc) is 2.56. The molecular formula is C19H21FN2O2. The number of hydrogen-bond donors (Lipinski definition) is 2. The van der Waals surface area contributed by atoms with E-state index in [0.29, 0.717) is 6.54 Å². The molecule has 0 heterocycles. The highest BCUT2D eigenvalue weighted by Gasteiger charge is 2.36. The van der Waals surface area contributed by atoms with Crippen LogP contribution in [0, 0.1) is 18.2 Å². The first-order chi connectivity index (χ1) is 11.3. The molecule has 24 heavy (non-hydrogen) atoms. The first-order valence-electron chi connectivity index (χ1n) is 7.70. The van der Waals surface area contributed by atoms with Crippen molar-refractivity contribution in [3.63, 3.8) is 0 Å². The van der Waals surface area contributed by atoms with Crippen molar-refractivity contribution in [3.05, 3.63) is 65.5 Å². The summed E-state index contributed by atoms with van der Waals surface area (Å²) in [5, 5.41) is 5.21. The highest BCUT2D eigenvalue weighted by atomic mass is 19.1. The van der Waals surface area contributed by atoms with Crippen LogP contribution in [0.2, 0.25) is 0 Å². The van der Waals surface area contributed by atoms with Crippen LogP contribution < -0.4 is 10.6 Å². The van der Waals surface area contributed by atoms with Crippen LogP contribution in [0.25, 0.3) is 0 Å². The predicted molar refractivity (Wildman–Crippen MR) is 91.8 cm³/mol. The zero-order valence-corrected chi connectivity index (χ0v) is 14.0. The molecule has 0 bridgehead atoms. The average molecular weight is 328 g/mol. The van der Waals surface area contributed by atoms with Crippen molar-refractivity contribution >= 4 is 17.5 Å². The molecule has 0 radical (unpaired) electrons. The molecule has 0 atom stereocenters. The van der Waals surface area contributed by atoms with Gasteiger partial charge in [-0.15, -0.1) is 0 Å². The molecule has 126 valence electrons. The zero-order valence-electron chi connectivity index (χ0n) is 14.0. The van der Waals surface area contributed by atoms with Crippen molar-refractivity contribution in [2.75, 3.05) is 5.32 Å². The smallest absolute Gasteiger partial charge is 0.239 e. The van der Waals surface area contributed by atoms with E-state index in [-0.39, 0.29) is 5.69 Å². The van der Waals surface area contributed by atoms with Gasteiger partial charge in [0, 0.05) is 6.54 Å².